The third kappa shape index (κ3) is 3.59. The summed E-state index contributed by atoms with van der Waals surface area (Å²) in [7, 11) is 0. The van der Waals surface area contributed by atoms with Gasteiger partial charge in [0.15, 0.2) is 6.21 Å². The monoisotopic (exact) mass is 340 g/mol. The first-order chi connectivity index (χ1) is 9.85. The van der Waals surface area contributed by atoms with Crippen molar-refractivity contribution < 1.29 is 4.74 Å². The fraction of sp³-hybridized carbons (Fsp3) is 0.333. The van der Waals surface area contributed by atoms with Crippen molar-refractivity contribution in [1.29, 1.82) is 0 Å². The number of thiocarbonyl (C=S) groups is 1. The van der Waals surface area contributed by atoms with Crippen LogP contribution in [-0.2, 0) is 0 Å². The van der Waals surface area contributed by atoms with E-state index < -0.39 is 0 Å². The van der Waals surface area contributed by atoms with Crippen LogP contribution >= 0.6 is 35.6 Å². The van der Waals surface area contributed by atoms with Gasteiger partial charge in [-0.1, -0.05) is 41.7 Å². The molecule has 0 unspecified atom stereocenters. The highest BCUT2D eigenvalue weighted by atomic mass is 35.5. The van der Waals surface area contributed by atoms with Crippen LogP contribution in [0.3, 0.4) is 0 Å². The van der Waals surface area contributed by atoms with Crippen LogP contribution in [0, 0.1) is 5.21 Å². The van der Waals surface area contributed by atoms with Gasteiger partial charge in [0.1, 0.15) is 9.07 Å². The molecule has 1 atom stereocenters. The van der Waals surface area contributed by atoms with Crippen LogP contribution in [0.1, 0.15) is 19.4 Å². The Bertz CT molecular complexity index is 584. The fourth-order valence-corrected chi connectivity index (χ4v) is 4.36. The summed E-state index contributed by atoms with van der Waals surface area (Å²) in [6.45, 7) is 8.35. The highest BCUT2D eigenvalue weighted by Crippen LogP contribution is 2.41. The Morgan fingerprint density at radius 1 is 1.48 bits per heavy atom. The second-order valence-electron chi connectivity index (χ2n) is 5.33. The standard InChI is InChI=1S/C15H17ClN2OS2/c1-4-9-17-13(15(2,3)21-14(17)20)18(19)10-11-5-7-12(16)8-6-11/h4-8,10,13H,1,9H2,2-3H3/b18-10-/t13-/m0/s1. The van der Waals surface area contributed by atoms with Crippen molar-refractivity contribution in [2.75, 3.05) is 6.54 Å². The van der Waals surface area contributed by atoms with Crippen LogP contribution in [0.5, 0.6) is 0 Å². The third-order valence-corrected chi connectivity index (χ3v) is 5.10. The van der Waals surface area contributed by atoms with Crippen molar-refractivity contribution in [3.05, 3.63) is 52.7 Å². The number of rotatable bonds is 4. The molecule has 0 aliphatic carbocycles. The lowest BCUT2D eigenvalue weighted by atomic mass is 10.1. The molecule has 1 aliphatic heterocycles. The molecule has 0 aromatic heterocycles. The first-order valence-corrected chi connectivity index (χ1v) is 8.12. The fourth-order valence-electron chi connectivity index (χ4n) is 2.34. The van der Waals surface area contributed by atoms with Gasteiger partial charge in [0.2, 0.25) is 0 Å². The van der Waals surface area contributed by atoms with Crippen molar-refractivity contribution in [2.45, 2.75) is 24.8 Å². The summed E-state index contributed by atoms with van der Waals surface area (Å²) in [5.74, 6) is 0. The van der Waals surface area contributed by atoms with Crippen LogP contribution in [0.15, 0.2) is 36.9 Å². The van der Waals surface area contributed by atoms with Gasteiger partial charge < -0.3 is 5.21 Å². The molecule has 0 spiro atoms. The van der Waals surface area contributed by atoms with E-state index in [2.05, 4.69) is 6.58 Å². The van der Waals surface area contributed by atoms with Gasteiger partial charge in [0, 0.05) is 17.1 Å². The molecule has 1 aromatic rings. The topological polar surface area (TPSA) is 29.3 Å². The largest absolute Gasteiger partial charge is 0.622 e. The van der Waals surface area contributed by atoms with Crippen LogP contribution in [0.2, 0.25) is 5.02 Å². The molecule has 112 valence electrons. The van der Waals surface area contributed by atoms with Crippen molar-refractivity contribution in [1.82, 2.24) is 4.90 Å². The Hall–Kier alpha value is -1.04. The predicted molar refractivity (Wildman–Crippen MR) is 95.2 cm³/mol. The Morgan fingerprint density at radius 3 is 2.67 bits per heavy atom. The number of nitrogens with zero attached hydrogens (tertiary/aromatic N) is 2. The lowest BCUT2D eigenvalue weighted by molar-refractivity contribution is -0.523. The van der Waals surface area contributed by atoms with Crippen molar-refractivity contribution in [3.63, 3.8) is 0 Å². The maximum atomic E-state index is 12.6. The van der Waals surface area contributed by atoms with Gasteiger partial charge in [-0.25, -0.2) is 0 Å². The minimum atomic E-state index is -0.358. The minimum absolute atomic E-state index is 0.287. The average Bonchev–Trinajstić information content (AvgIpc) is 2.62. The number of benzene rings is 1. The van der Waals surface area contributed by atoms with Crippen LogP contribution in [0.4, 0.5) is 0 Å². The molecule has 1 saturated heterocycles. The molecule has 2 rings (SSSR count). The van der Waals surface area contributed by atoms with E-state index in [0.29, 0.717) is 11.6 Å². The number of hydroxylamine groups is 1. The predicted octanol–water partition coefficient (Wildman–Crippen LogP) is 3.89. The molecule has 1 aromatic carbocycles. The van der Waals surface area contributed by atoms with Crippen LogP contribution in [0.25, 0.3) is 0 Å². The summed E-state index contributed by atoms with van der Waals surface area (Å²) in [5.41, 5.74) is 0.812. The van der Waals surface area contributed by atoms with Gasteiger partial charge in [0.05, 0.1) is 0 Å². The zero-order valence-corrected chi connectivity index (χ0v) is 14.3. The molecule has 0 saturated carbocycles. The molecule has 6 heteroatoms. The number of halogens is 1. The van der Waals surface area contributed by atoms with Crippen LogP contribution < -0.4 is 0 Å². The molecule has 1 aliphatic rings. The van der Waals surface area contributed by atoms with Crippen molar-refractivity contribution >= 4 is 46.1 Å². The lowest BCUT2D eigenvalue weighted by Gasteiger charge is -2.29. The van der Waals surface area contributed by atoms with Gasteiger partial charge in [-0.15, -0.1) is 6.58 Å². The second-order valence-corrected chi connectivity index (χ2v) is 8.05. The maximum Gasteiger partial charge on any atom is 0.254 e. The molecule has 0 N–H and O–H groups in total. The smallest absolute Gasteiger partial charge is 0.254 e. The first-order valence-electron chi connectivity index (χ1n) is 6.51. The summed E-state index contributed by atoms with van der Waals surface area (Å²) >= 11 is 12.8. The third-order valence-electron chi connectivity index (χ3n) is 3.22. The van der Waals surface area contributed by atoms with Gasteiger partial charge in [-0.2, -0.15) is 4.74 Å². The summed E-state index contributed by atoms with van der Waals surface area (Å²) in [6, 6.07) is 7.17. The summed E-state index contributed by atoms with van der Waals surface area (Å²) in [6.07, 6.45) is 2.98. The molecule has 1 heterocycles. The Morgan fingerprint density at radius 2 is 2.10 bits per heavy atom. The Labute approximate surface area is 139 Å². The van der Waals surface area contributed by atoms with E-state index in [-0.39, 0.29) is 10.9 Å². The molecule has 0 amide bonds. The summed E-state index contributed by atoms with van der Waals surface area (Å²) in [5, 5.41) is 13.3. The highest BCUT2D eigenvalue weighted by molar-refractivity contribution is 8.24. The normalized spacial score (nSPS) is 21.7. The number of thioether (sulfide) groups is 1. The molecule has 0 bridgehead atoms. The molecular formula is C15H17ClN2OS2. The second kappa shape index (κ2) is 6.38. The van der Waals surface area contributed by atoms with Crippen LogP contribution in [-0.4, -0.2) is 37.6 Å². The lowest BCUT2D eigenvalue weighted by Crippen LogP contribution is -2.47. The van der Waals surface area contributed by atoms with E-state index in [1.807, 2.05) is 30.9 Å². The Kier molecular flexibility index (Phi) is 4.96. The number of hydrogen-bond donors (Lipinski definition) is 0. The van der Waals surface area contributed by atoms with E-state index in [4.69, 9.17) is 23.8 Å². The minimum Gasteiger partial charge on any atom is -0.622 e. The van der Waals surface area contributed by atoms with Gasteiger partial charge in [-0.05, 0) is 38.1 Å². The van der Waals surface area contributed by atoms with Gasteiger partial charge in [0.25, 0.3) is 6.17 Å². The van der Waals surface area contributed by atoms with E-state index >= 15 is 0 Å². The quantitative estimate of drug-likeness (QED) is 0.208. The first kappa shape index (κ1) is 16.3. The highest BCUT2D eigenvalue weighted by Gasteiger charge is 2.49. The zero-order valence-electron chi connectivity index (χ0n) is 12.0. The van der Waals surface area contributed by atoms with Crippen molar-refractivity contribution in [3.8, 4) is 0 Å². The van der Waals surface area contributed by atoms with Crippen molar-refractivity contribution in [2.24, 2.45) is 0 Å². The molecular weight excluding hydrogens is 324 g/mol. The molecule has 0 radical (unpaired) electrons. The Balaban J connectivity index is 2.33. The summed E-state index contributed by atoms with van der Waals surface area (Å²) < 4.78 is 1.42. The molecule has 21 heavy (non-hydrogen) atoms. The van der Waals surface area contributed by atoms with E-state index in [0.717, 1.165) is 14.6 Å². The maximum absolute atomic E-state index is 12.6. The number of hydrogen-bond acceptors (Lipinski definition) is 3. The molecule has 3 nitrogen and oxygen atoms in total. The SMILES string of the molecule is C=CCN1C(=S)SC(C)(C)[C@@H]1/[N+]([O-])=C/c1ccc(Cl)cc1. The molecule has 1 fully saturated rings. The van der Waals surface area contributed by atoms with E-state index in [9.17, 15) is 5.21 Å². The van der Waals surface area contributed by atoms with E-state index in [1.54, 1.807) is 36.2 Å². The van der Waals surface area contributed by atoms with Gasteiger partial charge in [-0.3, -0.25) is 4.90 Å². The zero-order chi connectivity index (χ0) is 15.6. The summed E-state index contributed by atoms with van der Waals surface area (Å²) in [4.78, 5) is 1.91. The van der Waals surface area contributed by atoms with E-state index in [1.165, 1.54) is 0 Å². The van der Waals surface area contributed by atoms with Gasteiger partial charge >= 0.3 is 0 Å². The average molecular weight is 341 g/mol.